The molecule has 0 aliphatic rings. The van der Waals surface area contributed by atoms with Gasteiger partial charge in [0.2, 0.25) is 0 Å². The lowest BCUT2D eigenvalue weighted by atomic mass is 10.0. The van der Waals surface area contributed by atoms with Gasteiger partial charge in [-0.3, -0.25) is 4.79 Å². The first-order valence-corrected chi connectivity index (χ1v) is 10.2. The molecule has 9 nitrogen and oxygen atoms in total. The largest absolute Gasteiger partial charge is 0.382 e. The summed E-state index contributed by atoms with van der Waals surface area (Å²) in [6.07, 6.45) is 2.92. The molecule has 0 aliphatic carbocycles. The van der Waals surface area contributed by atoms with Crippen LogP contribution in [0.4, 0.5) is 26.4 Å². The summed E-state index contributed by atoms with van der Waals surface area (Å²) in [6.45, 7) is 4.10. The van der Waals surface area contributed by atoms with Gasteiger partial charge in [0.05, 0.1) is 11.3 Å². The SMILES string of the molecule is CCNC(=O)c1cn2ncnc(N)c2c1-c1ccc(NC(=O)Nc2cc(C)ccc2F)cc1. The molecule has 2 heterocycles. The molecule has 33 heavy (non-hydrogen) atoms. The molecule has 2 aromatic heterocycles. The van der Waals surface area contributed by atoms with Crippen molar-refractivity contribution >= 4 is 34.6 Å². The van der Waals surface area contributed by atoms with Crippen LogP contribution in [0, 0.1) is 12.7 Å². The molecule has 2 aromatic carbocycles. The van der Waals surface area contributed by atoms with Crippen LogP contribution in [0.5, 0.6) is 0 Å². The van der Waals surface area contributed by atoms with Crippen molar-refractivity contribution in [2.45, 2.75) is 13.8 Å². The number of aryl methyl sites for hydroxylation is 1. The Bertz CT molecular complexity index is 1350. The summed E-state index contributed by atoms with van der Waals surface area (Å²) in [5, 5.41) is 12.1. The fraction of sp³-hybridized carbons (Fsp3) is 0.130. The van der Waals surface area contributed by atoms with Gasteiger partial charge in [0.1, 0.15) is 17.7 Å². The summed E-state index contributed by atoms with van der Waals surface area (Å²) in [4.78, 5) is 29.0. The highest BCUT2D eigenvalue weighted by Gasteiger charge is 2.21. The molecular formula is C23H22FN7O2. The molecule has 0 saturated heterocycles. The second-order valence-corrected chi connectivity index (χ2v) is 7.36. The lowest BCUT2D eigenvalue weighted by Gasteiger charge is -2.10. The summed E-state index contributed by atoms with van der Waals surface area (Å²) in [5.41, 5.74) is 9.65. The number of nitrogen functional groups attached to an aromatic ring is 1. The number of nitrogens with one attached hydrogen (secondary N) is 3. The molecule has 4 aromatic rings. The van der Waals surface area contributed by atoms with Gasteiger partial charge in [0.15, 0.2) is 5.82 Å². The fourth-order valence-corrected chi connectivity index (χ4v) is 3.49. The van der Waals surface area contributed by atoms with Gasteiger partial charge in [-0.15, -0.1) is 0 Å². The number of fused-ring (bicyclic) bond motifs is 1. The van der Waals surface area contributed by atoms with Crippen LogP contribution in [0.15, 0.2) is 55.0 Å². The van der Waals surface area contributed by atoms with Gasteiger partial charge in [0, 0.05) is 24.0 Å². The molecule has 5 N–H and O–H groups in total. The Morgan fingerprint density at radius 2 is 1.88 bits per heavy atom. The van der Waals surface area contributed by atoms with Crippen molar-refractivity contribution in [1.29, 1.82) is 0 Å². The number of benzene rings is 2. The molecular weight excluding hydrogens is 425 g/mol. The molecule has 0 saturated carbocycles. The number of nitrogens with two attached hydrogens (primary N) is 1. The highest BCUT2D eigenvalue weighted by atomic mass is 19.1. The maximum atomic E-state index is 13.9. The van der Waals surface area contributed by atoms with E-state index in [1.54, 1.807) is 49.5 Å². The van der Waals surface area contributed by atoms with Gasteiger partial charge in [0.25, 0.3) is 5.91 Å². The van der Waals surface area contributed by atoms with Crippen molar-refractivity contribution < 1.29 is 14.0 Å². The number of rotatable bonds is 5. The summed E-state index contributed by atoms with van der Waals surface area (Å²) >= 11 is 0. The zero-order valence-corrected chi connectivity index (χ0v) is 18.0. The molecule has 0 aliphatic heterocycles. The van der Waals surface area contributed by atoms with E-state index in [-0.39, 0.29) is 17.4 Å². The third-order valence-electron chi connectivity index (χ3n) is 4.99. The molecule has 168 valence electrons. The first-order chi connectivity index (χ1) is 15.9. The Hall–Kier alpha value is -4.47. The van der Waals surface area contributed by atoms with E-state index in [1.165, 1.54) is 16.9 Å². The first kappa shape index (κ1) is 21.8. The van der Waals surface area contributed by atoms with Crippen molar-refractivity contribution in [3.8, 4) is 11.1 Å². The van der Waals surface area contributed by atoms with Gasteiger partial charge >= 0.3 is 6.03 Å². The summed E-state index contributed by atoms with van der Waals surface area (Å²) in [7, 11) is 0. The number of carbonyl (C=O) groups is 2. The number of nitrogens with zero attached hydrogens (tertiary/aromatic N) is 3. The van der Waals surface area contributed by atoms with Crippen LogP contribution >= 0.6 is 0 Å². The summed E-state index contributed by atoms with van der Waals surface area (Å²) in [6, 6.07) is 10.7. The molecule has 0 radical (unpaired) electrons. The highest BCUT2D eigenvalue weighted by molar-refractivity contribution is 6.07. The second kappa shape index (κ2) is 8.95. The topological polar surface area (TPSA) is 126 Å². The molecule has 0 atom stereocenters. The Labute approximate surface area is 188 Å². The standard InChI is InChI=1S/C23H22FN7O2/c1-3-26-22(32)16-11-31-20(21(25)27-12-28-31)19(16)14-5-7-15(8-6-14)29-23(33)30-18-10-13(2)4-9-17(18)24/h4-12H,3H2,1-2H3,(H,26,32)(H2,25,27,28)(H2,29,30,33). The van der Waals surface area contributed by atoms with Crippen molar-refractivity contribution in [3.05, 3.63) is 71.9 Å². The Morgan fingerprint density at radius 1 is 1.12 bits per heavy atom. The molecule has 0 fully saturated rings. The predicted octanol–water partition coefficient (Wildman–Crippen LogP) is 3.82. The zero-order valence-electron chi connectivity index (χ0n) is 18.0. The van der Waals surface area contributed by atoms with Gasteiger partial charge in [-0.1, -0.05) is 18.2 Å². The first-order valence-electron chi connectivity index (χ1n) is 10.2. The van der Waals surface area contributed by atoms with E-state index in [9.17, 15) is 14.0 Å². The summed E-state index contributed by atoms with van der Waals surface area (Å²) < 4.78 is 15.4. The maximum Gasteiger partial charge on any atom is 0.323 e. The number of urea groups is 1. The molecule has 3 amide bonds. The van der Waals surface area contributed by atoms with Crippen molar-refractivity contribution in [1.82, 2.24) is 19.9 Å². The van der Waals surface area contributed by atoms with E-state index in [2.05, 4.69) is 26.0 Å². The minimum atomic E-state index is -0.581. The van der Waals surface area contributed by atoms with Crippen molar-refractivity contribution in [3.63, 3.8) is 0 Å². The van der Waals surface area contributed by atoms with Crippen LogP contribution in [0.1, 0.15) is 22.8 Å². The number of aromatic nitrogens is 3. The van der Waals surface area contributed by atoms with E-state index in [1.807, 2.05) is 6.92 Å². The molecule has 0 spiro atoms. The quantitative estimate of drug-likeness (QED) is 0.370. The maximum absolute atomic E-state index is 13.9. The van der Waals surface area contributed by atoms with E-state index in [0.717, 1.165) is 5.56 Å². The number of halogens is 1. The van der Waals surface area contributed by atoms with E-state index in [0.29, 0.717) is 34.4 Å². The van der Waals surface area contributed by atoms with Crippen LogP contribution in [0.2, 0.25) is 0 Å². The lowest BCUT2D eigenvalue weighted by molar-refractivity contribution is 0.0956. The molecule has 4 rings (SSSR count). The average molecular weight is 447 g/mol. The predicted molar refractivity (Wildman–Crippen MR) is 125 cm³/mol. The molecule has 0 unspecified atom stereocenters. The van der Waals surface area contributed by atoms with Crippen molar-refractivity contribution in [2.75, 3.05) is 22.9 Å². The van der Waals surface area contributed by atoms with E-state index >= 15 is 0 Å². The third kappa shape index (κ3) is 4.45. The smallest absolute Gasteiger partial charge is 0.323 e. The number of hydrogen-bond acceptors (Lipinski definition) is 5. The average Bonchev–Trinajstić information content (AvgIpc) is 3.18. The fourth-order valence-electron chi connectivity index (χ4n) is 3.49. The Kier molecular flexibility index (Phi) is 5.90. The summed E-state index contributed by atoms with van der Waals surface area (Å²) in [5.74, 6) is -0.555. The number of carbonyl (C=O) groups excluding carboxylic acids is 2. The highest BCUT2D eigenvalue weighted by Crippen LogP contribution is 2.33. The normalized spacial score (nSPS) is 10.8. The number of hydrogen-bond donors (Lipinski definition) is 4. The second-order valence-electron chi connectivity index (χ2n) is 7.36. The molecule has 10 heteroatoms. The minimum Gasteiger partial charge on any atom is -0.382 e. The van der Waals surface area contributed by atoms with E-state index < -0.39 is 11.8 Å². The lowest BCUT2D eigenvalue weighted by Crippen LogP contribution is -2.22. The Morgan fingerprint density at radius 3 is 2.61 bits per heavy atom. The van der Waals surface area contributed by atoms with Gasteiger partial charge in [-0.05, 0) is 49.2 Å². The van der Waals surface area contributed by atoms with Crippen LogP contribution < -0.4 is 21.7 Å². The minimum absolute atomic E-state index is 0.0893. The Balaban J connectivity index is 1.62. The van der Waals surface area contributed by atoms with E-state index in [4.69, 9.17) is 5.73 Å². The van der Waals surface area contributed by atoms with Crippen LogP contribution in [-0.4, -0.2) is 33.1 Å². The van der Waals surface area contributed by atoms with Crippen LogP contribution in [0.25, 0.3) is 16.6 Å². The third-order valence-corrected chi connectivity index (χ3v) is 4.99. The van der Waals surface area contributed by atoms with Gasteiger partial charge in [-0.25, -0.2) is 18.7 Å². The number of amides is 3. The van der Waals surface area contributed by atoms with Crippen molar-refractivity contribution in [2.24, 2.45) is 0 Å². The number of anilines is 3. The van der Waals surface area contributed by atoms with Crippen LogP contribution in [0.3, 0.4) is 0 Å². The zero-order chi connectivity index (χ0) is 23.5. The van der Waals surface area contributed by atoms with Gasteiger partial charge < -0.3 is 21.7 Å². The van der Waals surface area contributed by atoms with Crippen LogP contribution in [-0.2, 0) is 0 Å². The van der Waals surface area contributed by atoms with Gasteiger partial charge in [-0.2, -0.15) is 5.10 Å². The molecule has 0 bridgehead atoms. The monoisotopic (exact) mass is 447 g/mol.